The summed E-state index contributed by atoms with van der Waals surface area (Å²) < 4.78 is 8.84. The molecule has 4 heteroatoms. The maximum atomic E-state index is 6.00. The molecule has 2 heterocycles. The van der Waals surface area contributed by atoms with Crippen molar-refractivity contribution in [3.63, 3.8) is 0 Å². The van der Waals surface area contributed by atoms with Crippen LogP contribution in [0.2, 0.25) is 0 Å². The van der Waals surface area contributed by atoms with Crippen molar-refractivity contribution in [1.82, 2.24) is 9.78 Å². The van der Waals surface area contributed by atoms with Gasteiger partial charge in [-0.2, -0.15) is 5.10 Å². The van der Waals surface area contributed by atoms with Crippen LogP contribution in [0, 0.1) is 0 Å². The Bertz CT molecular complexity index is 365. The second kappa shape index (κ2) is 4.29. The molecule has 1 aliphatic carbocycles. The van der Waals surface area contributed by atoms with Crippen LogP contribution in [0.1, 0.15) is 50.3 Å². The van der Waals surface area contributed by atoms with Crippen LogP contribution in [-0.4, -0.2) is 19.8 Å². The van der Waals surface area contributed by atoms with Crippen molar-refractivity contribution in [2.24, 2.45) is 0 Å². The number of rotatable bonds is 2. The van der Waals surface area contributed by atoms with Crippen LogP contribution in [0.15, 0.2) is 12.4 Å². The Morgan fingerprint density at radius 1 is 1.44 bits per heavy atom. The number of alkyl halides is 1. The molecule has 1 saturated carbocycles. The zero-order chi connectivity index (χ0) is 11.1. The highest BCUT2D eigenvalue weighted by molar-refractivity contribution is 14.1. The van der Waals surface area contributed by atoms with E-state index in [0.29, 0.717) is 12.1 Å². The van der Waals surface area contributed by atoms with Gasteiger partial charge in [-0.1, -0.05) is 22.6 Å². The summed E-state index contributed by atoms with van der Waals surface area (Å²) in [4.78, 5) is 0. The van der Waals surface area contributed by atoms with E-state index < -0.39 is 0 Å². The van der Waals surface area contributed by atoms with E-state index in [4.69, 9.17) is 4.74 Å². The number of hydrogen-bond donors (Lipinski definition) is 0. The van der Waals surface area contributed by atoms with Gasteiger partial charge in [-0.3, -0.25) is 4.68 Å². The molecule has 16 heavy (non-hydrogen) atoms. The van der Waals surface area contributed by atoms with Gasteiger partial charge in [0.15, 0.2) is 0 Å². The molecule has 0 N–H and O–H groups in total. The molecule has 1 aromatic rings. The molecule has 3 nitrogen and oxygen atoms in total. The molecule has 2 fully saturated rings. The molecule has 1 saturated heterocycles. The molecule has 88 valence electrons. The van der Waals surface area contributed by atoms with E-state index in [9.17, 15) is 0 Å². The van der Waals surface area contributed by atoms with Crippen LogP contribution in [0.4, 0.5) is 0 Å². The number of aromatic nitrogens is 2. The van der Waals surface area contributed by atoms with Gasteiger partial charge in [-0.15, -0.1) is 0 Å². The Labute approximate surface area is 110 Å². The highest BCUT2D eigenvalue weighted by Crippen LogP contribution is 2.37. The first kappa shape index (κ1) is 11.0. The fraction of sp³-hybridized carbons (Fsp3) is 0.750. The Morgan fingerprint density at radius 2 is 2.25 bits per heavy atom. The molecule has 0 bridgehead atoms. The fourth-order valence-electron chi connectivity index (χ4n) is 2.35. The van der Waals surface area contributed by atoms with E-state index in [1.165, 1.54) is 24.8 Å². The number of hydrogen-bond acceptors (Lipinski definition) is 2. The lowest BCUT2D eigenvalue weighted by Crippen LogP contribution is -2.26. The third-order valence-electron chi connectivity index (χ3n) is 3.37. The lowest BCUT2D eigenvalue weighted by Gasteiger charge is -2.30. The summed E-state index contributed by atoms with van der Waals surface area (Å²) in [7, 11) is 0. The summed E-state index contributed by atoms with van der Waals surface area (Å²) in [5, 5.41) is 4.44. The molecule has 0 amide bonds. The summed E-state index contributed by atoms with van der Waals surface area (Å²) in [5.74, 6) is 0. The lowest BCUT2D eigenvalue weighted by atomic mass is 10.0. The largest absolute Gasteiger partial charge is 0.370 e. The quantitative estimate of drug-likeness (QED) is 0.614. The minimum atomic E-state index is 0.262. The van der Waals surface area contributed by atoms with E-state index in [2.05, 4.69) is 45.5 Å². The SMILES string of the molecule is C[C@@H]1CC(I)C[C@H](c2cnn(C3CC3)c2)O1. The van der Waals surface area contributed by atoms with Crippen molar-refractivity contribution in [1.29, 1.82) is 0 Å². The van der Waals surface area contributed by atoms with E-state index in [1.54, 1.807) is 0 Å². The van der Waals surface area contributed by atoms with Crippen molar-refractivity contribution in [2.45, 2.75) is 54.8 Å². The zero-order valence-electron chi connectivity index (χ0n) is 9.47. The molecular formula is C12H17IN2O. The Kier molecular flexibility index (Phi) is 2.96. The van der Waals surface area contributed by atoms with Gasteiger partial charge >= 0.3 is 0 Å². The van der Waals surface area contributed by atoms with Gasteiger partial charge in [0.05, 0.1) is 24.4 Å². The fourth-order valence-corrected chi connectivity index (χ4v) is 3.53. The molecule has 1 aliphatic heterocycles. The van der Waals surface area contributed by atoms with Crippen LogP contribution in [-0.2, 0) is 4.74 Å². The number of nitrogens with zero attached hydrogens (tertiary/aromatic N) is 2. The smallest absolute Gasteiger partial charge is 0.0869 e. The lowest BCUT2D eigenvalue weighted by molar-refractivity contribution is -0.0368. The molecule has 1 unspecified atom stereocenters. The van der Waals surface area contributed by atoms with Crippen molar-refractivity contribution in [3.8, 4) is 0 Å². The summed E-state index contributed by atoms with van der Waals surface area (Å²) in [6.45, 7) is 2.17. The summed E-state index contributed by atoms with van der Waals surface area (Å²) in [6, 6.07) is 0.671. The molecule has 0 aromatic carbocycles. The summed E-state index contributed by atoms with van der Waals surface area (Å²) >= 11 is 2.54. The van der Waals surface area contributed by atoms with Crippen molar-refractivity contribution < 1.29 is 4.74 Å². The average molecular weight is 332 g/mol. The van der Waals surface area contributed by atoms with E-state index in [0.717, 1.165) is 10.3 Å². The van der Waals surface area contributed by atoms with E-state index in [-0.39, 0.29) is 6.10 Å². The highest BCUT2D eigenvalue weighted by atomic mass is 127. The first-order chi connectivity index (χ1) is 7.72. The molecule has 3 atom stereocenters. The average Bonchev–Trinajstić information content (AvgIpc) is 2.95. The van der Waals surface area contributed by atoms with Crippen molar-refractivity contribution in [2.75, 3.05) is 0 Å². The predicted molar refractivity (Wildman–Crippen MR) is 70.8 cm³/mol. The zero-order valence-corrected chi connectivity index (χ0v) is 11.6. The third-order valence-corrected chi connectivity index (χ3v) is 4.39. The van der Waals surface area contributed by atoms with Crippen molar-refractivity contribution in [3.05, 3.63) is 18.0 Å². The second-order valence-corrected chi connectivity index (χ2v) is 6.75. The third kappa shape index (κ3) is 2.27. The molecular weight excluding hydrogens is 315 g/mol. The van der Waals surface area contributed by atoms with Crippen LogP contribution in [0.3, 0.4) is 0 Å². The summed E-state index contributed by atoms with van der Waals surface area (Å²) in [6.07, 6.45) is 9.70. The van der Waals surface area contributed by atoms with Crippen LogP contribution in [0.25, 0.3) is 0 Å². The van der Waals surface area contributed by atoms with Gasteiger partial charge in [-0.05, 0) is 32.6 Å². The van der Waals surface area contributed by atoms with E-state index >= 15 is 0 Å². The normalized spacial score (nSPS) is 35.2. The first-order valence-electron chi connectivity index (χ1n) is 6.06. The topological polar surface area (TPSA) is 27.1 Å². The Hall–Kier alpha value is -0.100. The van der Waals surface area contributed by atoms with Gasteiger partial charge in [0.25, 0.3) is 0 Å². The minimum absolute atomic E-state index is 0.262. The standard InChI is InChI=1S/C12H17IN2O/c1-8-4-10(13)5-12(16-8)9-6-14-15(7-9)11-2-3-11/h6-8,10-12H,2-5H2,1H3/t8-,10?,12-/m1/s1. The van der Waals surface area contributed by atoms with Gasteiger partial charge in [0, 0.05) is 15.7 Å². The van der Waals surface area contributed by atoms with Gasteiger partial charge in [0.1, 0.15) is 0 Å². The highest BCUT2D eigenvalue weighted by Gasteiger charge is 2.29. The monoisotopic (exact) mass is 332 g/mol. The minimum Gasteiger partial charge on any atom is -0.370 e. The van der Waals surface area contributed by atoms with Gasteiger partial charge in [0.2, 0.25) is 0 Å². The first-order valence-corrected chi connectivity index (χ1v) is 7.30. The van der Waals surface area contributed by atoms with Gasteiger partial charge < -0.3 is 4.74 Å². The Morgan fingerprint density at radius 3 is 2.94 bits per heavy atom. The summed E-state index contributed by atoms with van der Waals surface area (Å²) in [5.41, 5.74) is 1.26. The van der Waals surface area contributed by atoms with Crippen LogP contribution in [0.5, 0.6) is 0 Å². The maximum Gasteiger partial charge on any atom is 0.0869 e. The van der Waals surface area contributed by atoms with Crippen LogP contribution < -0.4 is 0 Å². The molecule has 3 rings (SSSR count). The number of ether oxygens (including phenoxy) is 1. The van der Waals surface area contributed by atoms with Gasteiger partial charge in [-0.25, -0.2) is 0 Å². The molecule has 0 radical (unpaired) electrons. The molecule has 0 spiro atoms. The molecule has 1 aromatic heterocycles. The second-order valence-electron chi connectivity index (χ2n) is 4.99. The van der Waals surface area contributed by atoms with E-state index in [1.807, 2.05) is 6.20 Å². The Balaban J connectivity index is 1.74. The predicted octanol–water partition coefficient (Wildman–Crippen LogP) is 3.26. The maximum absolute atomic E-state index is 6.00. The van der Waals surface area contributed by atoms with Crippen molar-refractivity contribution >= 4 is 22.6 Å². The molecule has 2 aliphatic rings. The van der Waals surface area contributed by atoms with Crippen LogP contribution >= 0.6 is 22.6 Å². The number of halogens is 1.